The quantitative estimate of drug-likeness (QED) is 0.295. The Hall–Kier alpha value is -4.40. The Morgan fingerprint density at radius 2 is 1.69 bits per heavy atom. The van der Waals surface area contributed by atoms with Crippen molar-refractivity contribution in [2.24, 2.45) is 5.10 Å². The molecule has 0 aliphatic rings. The molecule has 0 unspecified atom stereocenters. The Morgan fingerprint density at radius 1 is 1.00 bits per heavy atom. The van der Waals surface area contributed by atoms with Crippen molar-refractivity contribution in [1.29, 1.82) is 0 Å². The minimum absolute atomic E-state index is 0.0378. The highest BCUT2D eigenvalue weighted by Gasteiger charge is 2.06. The fourth-order valence-electron chi connectivity index (χ4n) is 2.62. The maximum Gasteiger partial charge on any atom is 0.277 e. The summed E-state index contributed by atoms with van der Waals surface area (Å²) < 4.78 is 16.3. The molecular formula is C23H21N3O6. The molecule has 0 fully saturated rings. The van der Waals surface area contributed by atoms with Crippen molar-refractivity contribution in [1.82, 2.24) is 5.43 Å². The van der Waals surface area contributed by atoms with E-state index in [1.807, 2.05) is 6.07 Å². The summed E-state index contributed by atoms with van der Waals surface area (Å²) in [5.74, 6) is 1.24. The first kappa shape index (κ1) is 22.3. The van der Waals surface area contributed by atoms with Gasteiger partial charge in [-0.25, -0.2) is 5.43 Å². The van der Waals surface area contributed by atoms with Gasteiger partial charge in [-0.05, 0) is 59.7 Å². The van der Waals surface area contributed by atoms with Crippen LogP contribution in [-0.2, 0) is 11.4 Å². The van der Waals surface area contributed by atoms with Crippen LogP contribution in [0.15, 0.2) is 77.9 Å². The standard InChI is InChI=1S/C23H21N3O6/c1-30-21-4-2-3-5-22(21)32-16-23(27)25-24-14-17-8-12-20(13-9-17)31-15-18-6-10-19(11-7-18)26(28)29/h2-14H,15-16H2,1H3,(H,25,27)/b24-14-. The normalized spacial score (nSPS) is 10.5. The topological polar surface area (TPSA) is 112 Å². The van der Waals surface area contributed by atoms with E-state index in [2.05, 4.69) is 10.5 Å². The van der Waals surface area contributed by atoms with Crippen LogP contribution in [0.1, 0.15) is 11.1 Å². The summed E-state index contributed by atoms with van der Waals surface area (Å²) in [5.41, 5.74) is 4.02. The molecule has 1 N–H and O–H groups in total. The molecule has 0 saturated carbocycles. The summed E-state index contributed by atoms with van der Waals surface area (Å²) in [6.07, 6.45) is 1.50. The molecule has 0 aromatic heterocycles. The second-order valence-corrected chi connectivity index (χ2v) is 6.51. The highest BCUT2D eigenvalue weighted by molar-refractivity contribution is 5.83. The Bertz CT molecular complexity index is 1080. The molecule has 32 heavy (non-hydrogen) atoms. The summed E-state index contributed by atoms with van der Waals surface area (Å²) in [5, 5.41) is 14.6. The van der Waals surface area contributed by atoms with Crippen molar-refractivity contribution in [3.05, 3.63) is 94.0 Å². The smallest absolute Gasteiger partial charge is 0.277 e. The molecule has 0 aliphatic heterocycles. The van der Waals surface area contributed by atoms with E-state index >= 15 is 0 Å². The van der Waals surface area contributed by atoms with E-state index in [-0.39, 0.29) is 18.9 Å². The van der Waals surface area contributed by atoms with Crippen LogP contribution in [0.25, 0.3) is 0 Å². The molecule has 9 heteroatoms. The van der Waals surface area contributed by atoms with Crippen molar-refractivity contribution in [3.8, 4) is 17.2 Å². The van der Waals surface area contributed by atoms with Gasteiger partial charge in [0.15, 0.2) is 18.1 Å². The molecule has 0 spiro atoms. The van der Waals surface area contributed by atoms with Gasteiger partial charge < -0.3 is 14.2 Å². The van der Waals surface area contributed by atoms with Crippen molar-refractivity contribution in [2.45, 2.75) is 6.61 Å². The number of carbonyl (C=O) groups excluding carboxylic acids is 1. The molecule has 0 heterocycles. The molecule has 0 saturated heterocycles. The number of carbonyl (C=O) groups is 1. The van der Waals surface area contributed by atoms with Gasteiger partial charge in [-0.15, -0.1) is 0 Å². The number of methoxy groups -OCH3 is 1. The molecule has 9 nitrogen and oxygen atoms in total. The van der Waals surface area contributed by atoms with E-state index in [0.29, 0.717) is 17.2 Å². The van der Waals surface area contributed by atoms with Crippen molar-refractivity contribution in [3.63, 3.8) is 0 Å². The maximum atomic E-state index is 11.9. The Balaban J connectivity index is 1.43. The lowest BCUT2D eigenvalue weighted by Gasteiger charge is -2.09. The summed E-state index contributed by atoms with van der Waals surface area (Å²) in [7, 11) is 1.53. The number of benzene rings is 3. The largest absolute Gasteiger partial charge is 0.493 e. The molecule has 3 rings (SSSR count). The number of ether oxygens (including phenoxy) is 3. The van der Waals surface area contributed by atoms with Crippen molar-refractivity contribution >= 4 is 17.8 Å². The van der Waals surface area contributed by atoms with Gasteiger partial charge >= 0.3 is 0 Å². The van der Waals surface area contributed by atoms with E-state index in [0.717, 1.165) is 11.1 Å². The summed E-state index contributed by atoms with van der Waals surface area (Å²) >= 11 is 0. The predicted molar refractivity (Wildman–Crippen MR) is 118 cm³/mol. The Kier molecular flexibility index (Phi) is 7.74. The average molecular weight is 435 g/mol. The molecule has 3 aromatic carbocycles. The van der Waals surface area contributed by atoms with Crippen LogP contribution in [0.3, 0.4) is 0 Å². The molecule has 164 valence electrons. The van der Waals surface area contributed by atoms with Crippen LogP contribution >= 0.6 is 0 Å². The summed E-state index contributed by atoms with van der Waals surface area (Å²) in [6, 6.07) is 20.3. The monoisotopic (exact) mass is 435 g/mol. The van der Waals surface area contributed by atoms with Gasteiger partial charge in [0.05, 0.1) is 18.2 Å². The third-order valence-electron chi connectivity index (χ3n) is 4.26. The van der Waals surface area contributed by atoms with Crippen LogP contribution in [-0.4, -0.2) is 30.8 Å². The van der Waals surface area contributed by atoms with E-state index in [9.17, 15) is 14.9 Å². The van der Waals surface area contributed by atoms with Crippen LogP contribution in [0.4, 0.5) is 5.69 Å². The van der Waals surface area contributed by atoms with E-state index in [1.54, 1.807) is 54.6 Å². The summed E-state index contributed by atoms with van der Waals surface area (Å²) in [6.45, 7) is 0.0841. The van der Waals surface area contributed by atoms with Gasteiger partial charge in [-0.3, -0.25) is 14.9 Å². The predicted octanol–water partition coefficient (Wildman–Crippen LogP) is 3.71. The number of nitro benzene ring substituents is 1. The number of non-ortho nitro benzene ring substituents is 1. The fourth-order valence-corrected chi connectivity index (χ4v) is 2.62. The Morgan fingerprint density at radius 3 is 2.34 bits per heavy atom. The van der Waals surface area contributed by atoms with Crippen LogP contribution in [0.5, 0.6) is 17.2 Å². The highest BCUT2D eigenvalue weighted by Crippen LogP contribution is 2.25. The number of nitrogens with one attached hydrogen (secondary N) is 1. The van der Waals surface area contributed by atoms with Crippen LogP contribution < -0.4 is 19.6 Å². The van der Waals surface area contributed by atoms with Gasteiger partial charge in [-0.1, -0.05) is 12.1 Å². The molecule has 0 bridgehead atoms. The molecule has 3 aromatic rings. The van der Waals surface area contributed by atoms with Gasteiger partial charge in [0.2, 0.25) is 0 Å². The number of para-hydroxylation sites is 2. The molecule has 1 amide bonds. The minimum Gasteiger partial charge on any atom is -0.493 e. The lowest BCUT2D eigenvalue weighted by atomic mass is 10.2. The van der Waals surface area contributed by atoms with E-state index < -0.39 is 10.8 Å². The van der Waals surface area contributed by atoms with E-state index in [1.165, 1.54) is 25.5 Å². The number of hydrazone groups is 1. The molecule has 0 radical (unpaired) electrons. The first-order valence-corrected chi connectivity index (χ1v) is 9.59. The zero-order valence-electron chi connectivity index (χ0n) is 17.3. The SMILES string of the molecule is COc1ccccc1OCC(=O)N/N=C\c1ccc(OCc2ccc([N+](=O)[O-])cc2)cc1. The van der Waals surface area contributed by atoms with Crippen LogP contribution in [0.2, 0.25) is 0 Å². The van der Waals surface area contributed by atoms with Gasteiger partial charge in [-0.2, -0.15) is 5.10 Å². The average Bonchev–Trinajstić information content (AvgIpc) is 2.82. The van der Waals surface area contributed by atoms with E-state index in [4.69, 9.17) is 14.2 Å². The third kappa shape index (κ3) is 6.56. The lowest BCUT2D eigenvalue weighted by molar-refractivity contribution is -0.384. The van der Waals surface area contributed by atoms with Gasteiger partial charge in [0, 0.05) is 12.1 Å². The van der Waals surface area contributed by atoms with Crippen molar-refractivity contribution < 1.29 is 23.9 Å². The van der Waals surface area contributed by atoms with Crippen LogP contribution in [0, 0.1) is 10.1 Å². The second kappa shape index (κ2) is 11.1. The maximum absolute atomic E-state index is 11.9. The van der Waals surface area contributed by atoms with Crippen molar-refractivity contribution in [2.75, 3.05) is 13.7 Å². The highest BCUT2D eigenvalue weighted by atomic mass is 16.6. The summed E-state index contributed by atoms with van der Waals surface area (Å²) in [4.78, 5) is 22.1. The number of amides is 1. The zero-order chi connectivity index (χ0) is 22.8. The second-order valence-electron chi connectivity index (χ2n) is 6.51. The first-order chi connectivity index (χ1) is 15.5. The first-order valence-electron chi connectivity index (χ1n) is 9.59. The molecule has 0 aliphatic carbocycles. The lowest BCUT2D eigenvalue weighted by Crippen LogP contribution is -2.24. The fraction of sp³-hybridized carbons (Fsp3) is 0.130. The minimum atomic E-state index is -0.444. The third-order valence-corrected chi connectivity index (χ3v) is 4.26. The number of nitro groups is 1. The van der Waals surface area contributed by atoms with Gasteiger partial charge in [0.25, 0.3) is 11.6 Å². The number of rotatable bonds is 10. The number of hydrogen-bond donors (Lipinski definition) is 1. The number of nitrogens with zero attached hydrogens (tertiary/aromatic N) is 2. The van der Waals surface area contributed by atoms with Gasteiger partial charge in [0.1, 0.15) is 12.4 Å². The number of hydrogen-bond acceptors (Lipinski definition) is 7. The Labute approximate surface area is 184 Å². The zero-order valence-corrected chi connectivity index (χ0v) is 17.3. The molecule has 0 atom stereocenters. The molecular weight excluding hydrogens is 414 g/mol.